The molecule has 212 valence electrons. The molecule has 8 heteroatoms. The summed E-state index contributed by atoms with van der Waals surface area (Å²) in [7, 11) is 0. The van der Waals surface area contributed by atoms with Crippen molar-refractivity contribution < 1.29 is 14.7 Å². The van der Waals surface area contributed by atoms with Gasteiger partial charge in [0.2, 0.25) is 0 Å². The second-order valence-electron chi connectivity index (χ2n) is 10.6. The van der Waals surface area contributed by atoms with Gasteiger partial charge in [0.15, 0.2) is 0 Å². The number of nitrogens with zero attached hydrogens (tertiary/aromatic N) is 4. The van der Waals surface area contributed by atoms with Gasteiger partial charge < -0.3 is 10.0 Å². The highest BCUT2D eigenvalue weighted by Gasteiger charge is 2.31. The summed E-state index contributed by atoms with van der Waals surface area (Å²) in [6.07, 6.45) is 4.94. The van der Waals surface area contributed by atoms with Crippen LogP contribution in [-0.4, -0.2) is 29.2 Å². The summed E-state index contributed by atoms with van der Waals surface area (Å²) in [4.78, 5) is 29.3. The van der Waals surface area contributed by atoms with Crippen molar-refractivity contribution >= 4 is 52.1 Å². The van der Waals surface area contributed by atoms with Crippen molar-refractivity contribution in [3.63, 3.8) is 0 Å². The van der Waals surface area contributed by atoms with Crippen molar-refractivity contribution in [1.29, 1.82) is 5.26 Å². The van der Waals surface area contributed by atoms with Gasteiger partial charge in [-0.05, 0) is 110 Å². The SMILES string of the molecule is Cc1cc(C)cc(N2CCCc3cc(-c4ccc(/C=C5\C(=O)N(c6ccccc6)N=C5/C=C(\C#N)C(=O)O)s4)ccc32)c1. The first-order valence-electron chi connectivity index (χ1n) is 13.9. The van der Waals surface area contributed by atoms with E-state index in [2.05, 4.69) is 60.2 Å². The van der Waals surface area contributed by atoms with Crippen molar-refractivity contribution in [2.75, 3.05) is 16.5 Å². The number of hydrogen-bond acceptors (Lipinski definition) is 6. The maximum absolute atomic E-state index is 13.5. The summed E-state index contributed by atoms with van der Waals surface area (Å²) in [6.45, 7) is 5.24. The van der Waals surface area contributed by atoms with Gasteiger partial charge in [0.05, 0.1) is 17.0 Å². The fraction of sp³-hybridized carbons (Fsp3) is 0.143. The monoisotopic (exact) mass is 584 g/mol. The number of hydrogen-bond donors (Lipinski definition) is 1. The van der Waals surface area contributed by atoms with E-state index in [1.54, 1.807) is 36.4 Å². The van der Waals surface area contributed by atoms with E-state index in [4.69, 9.17) is 0 Å². The first kappa shape index (κ1) is 27.9. The molecular formula is C35H28N4O3S. The van der Waals surface area contributed by atoms with Gasteiger partial charge >= 0.3 is 5.97 Å². The number of rotatable bonds is 6. The molecule has 1 amide bonds. The fourth-order valence-electron chi connectivity index (χ4n) is 5.55. The minimum absolute atomic E-state index is 0.128. The molecule has 6 rings (SSSR count). The number of nitriles is 1. The van der Waals surface area contributed by atoms with Crippen LogP contribution >= 0.6 is 11.3 Å². The van der Waals surface area contributed by atoms with Crippen LogP contribution in [0.5, 0.6) is 0 Å². The van der Waals surface area contributed by atoms with Gasteiger partial charge in [-0.25, -0.2) is 4.79 Å². The number of thiophene rings is 1. The molecule has 1 N–H and O–H groups in total. The van der Waals surface area contributed by atoms with Crippen molar-refractivity contribution in [3.05, 3.63) is 118 Å². The van der Waals surface area contributed by atoms with Crippen molar-refractivity contribution in [3.8, 4) is 16.5 Å². The number of carbonyl (C=O) groups is 2. The number of aliphatic carboxylic acids is 1. The summed E-state index contributed by atoms with van der Waals surface area (Å²) >= 11 is 1.54. The Morgan fingerprint density at radius 1 is 1.00 bits per heavy atom. The van der Waals surface area contributed by atoms with Crippen LogP contribution < -0.4 is 9.91 Å². The van der Waals surface area contributed by atoms with Gasteiger partial charge in [-0.2, -0.15) is 15.4 Å². The lowest BCUT2D eigenvalue weighted by atomic mass is 9.97. The van der Waals surface area contributed by atoms with Crippen LogP contribution in [0, 0.1) is 25.2 Å². The molecule has 7 nitrogen and oxygen atoms in total. The van der Waals surface area contributed by atoms with E-state index in [9.17, 15) is 20.0 Å². The molecule has 2 aliphatic heterocycles. The smallest absolute Gasteiger partial charge is 0.346 e. The highest BCUT2D eigenvalue weighted by molar-refractivity contribution is 7.16. The van der Waals surface area contributed by atoms with Crippen molar-refractivity contribution in [1.82, 2.24) is 0 Å². The van der Waals surface area contributed by atoms with Gasteiger partial charge in [0.1, 0.15) is 11.6 Å². The Hall–Kier alpha value is -5.26. The Bertz CT molecular complexity index is 1880. The molecule has 43 heavy (non-hydrogen) atoms. The number of para-hydroxylation sites is 1. The topological polar surface area (TPSA) is 97.0 Å². The minimum Gasteiger partial charge on any atom is -0.477 e. The number of amides is 1. The van der Waals surface area contributed by atoms with E-state index in [0.717, 1.165) is 40.8 Å². The minimum atomic E-state index is -1.38. The average molecular weight is 585 g/mol. The molecule has 0 spiro atoms. The van der Waals surface area contributed by atoms with Gasteiger partial charge in [-0.1, -0.05) is 30.3 Å². The van der Waals surface area contributed by atoms with E-state index >= 15 is 0 Å². The van der Waals surface area contributed by atoms with Crippen LogP contribution in [0.4, 0.5) is 17.1 Å². The van der Waals surface area contributed by atoms with Crippen LogP contribution in [0.2, 0.25) is 0 Å². The second kappa shape index (κ2) is 11.6. The molecule has 0 bridgehead atoms. The van der Waals surface area contributed by atoms with Crippen LogP contribution in [0.3, 0.4) is 0 Å². The fourth-order valence-corrected chi connectivity index (χ4v) is 6.50. The van der Waals surface area contributed by atoms with Gasteiger partial charge in [0, 0.05) is 27.7 Å². The molecule has 0 unspecified atom stereocenters. The highest BCUT2D eigenvalue weighted by Crippen LogP contribution is 2.39. The molecule has 0 saturated heterocycles. The Morgan fingerprint density at radius 2 is 1.77 bits per heavy atom. The molecule has 0 radical (unpaired) electrons. The van der Waals surface area contributed by atoms with Crippen LogP contribution in [0.25, 0.3) is 16.5 Å². The second-order valence-corrected chi connectivity index (χ2v) is 11.7. The lowest BCUT2D eigenvalue weighted by molar-refractivity contribution is -0.132. The van der Waals surface area contributed by atoms with Gasteiger partial charge in [-0.15, -0.1) is 11.3 Å². The maximum atomic E-state index is 13.5. The highest BCUT2D eigenvalue weighted by atomic mass is 32.1. The summed E-state index contributed by atoms with van der Waals surface area (Å²) in [5, 5.41) is 24.4. The molecule has 3 aromatic carbocycles. The lowest BCUT2D eigenvalue weighted by Gasteiger charge is -2.32. The van der Waals surface area contributed by atoms with E-state index in [1.165, 1.54) is 44.4 Å². The number of benzene rings is 3. The van der Waals surface area contributed by atoms with Crippen LogP contribution in [0.1, 0.15) is 28.0 Å². The van der Waals surface area contributed by atoms with Crippen molar-refractivity contribution in [2.24, 2.45) is 5.10 Å². The van der Waals surface area contributed by atoms with E-state index in [1.807, 2.05) is 18.2 Å². The Balaban J connectivity index is 1.33. The van der Waals surface area contributed by atoms with Gasteiger partial charge in [0.25, 0.3) is 5.91 Å². The number of anilines is 3. The molecular weight excluding hydrogens is 556 g/mol. The number of allylic oxidation sites excluding steroid dienone is 1. The number of carboxylic acids is 1. The van der Waals surface area contributed by atoms with E-state index < -0.39 is 17.4 Å². The third-order valence-electron chi connectivity index (χ3n) is 7.45. The Kier molecular flexibility index (Phi) is 7.49. The summed E-state index contributed by atoms with van der Waals surface area (Å²) in [5.41, 5.74) is 7.76. The number of aryl methyl sites for hydroxylation is 3. The molecule has 0 saturated carbocycles. The Labute approximate surface area is 253 Å². The first-order chi connectivity index (χ1) is 20.8. The molecule has 0 aliphatic carbocycles. The number of carboxylic acid groups (broad SMARTS) is 1. The standard InChI is InChI=1S/C35H28N4O3S/c1-22-15-23(2)17-28(16-22)38-14-6-7-24-18-25(10-12-32(24)38)33-13-11-29(43-33)20-30-31(19-26(21-36)35(41)42)37-39(34(30)40)27-8-4-3-5-9-27/h3-5,8-13,15-20H,6-7,14H2,1-2H3,(H,41,42)/b26-19+,30-20-. The largest absolute Gasteiger partial charge is 0.477 e. The number of fused-ring (bicyclic) bond motifs is 1. The van der Waals surface area contributed by atoms with E-state index in [0.29, 0.717) is 5.69 Å². The van der Waals surface area contributed by atoms with Crippen LogP contribution in [0.15, 0.2) is 101 Å². The molecule has 3 heterocycles. The normalized spacial score (nSPS) is 15.8. The zero-order valence-electron chi connectivity index (χ0n) is 23.7. The lowest BCUT2D eigenvalue weighted by Crippen LogP contribution is -2.24. The third kappa shape index (κ3) is 5.63. The van der Waals surface area contributed by atoms with Crippen molar-refractivity contribution in [2.45, 2.75) is 26.7 Å². The zero-order chi connectivity index (χ0) is 30.1. The van der Waals surface area contributed by atoms with Crippen LogP contribution in [-0.2, 0) is 16.0 Å². The van der Waals surface area contributed by atoms with E-state index in [-0.39, 0.29) is 11.3 Å². The molecule has 4 aromatic rings. The zero-order valence-corrected chi connectivity index (χ0v) is 24.6. The maximum Gasteiger partial charge on any atom is 0.346 e. The average Bonchev–Trinajstić information content (AvgIpc) is 3.59. The molecule has 2 aliphatic rings. The summed E-state index contributed by atoms with van der Waals surface area (Å²) < 4.78 is 0. The summed E-state index contributed by atoms with van der Waals surface area (Å²) in [5.74, 6) is -1.77. The molecule has 0 fully saturated rings. The Morgan fingerprint density at radius 3 is 2.49 bits per heavy atom. The van der Waals surface area contributed by atoms with Gasteiger partial charge in [-0.3, -0.25) is 4.79 Å². The predicted molar refractivity (Wildman–Crippen MR) is 172 cm³/mol. The first-order valence-corrected chi connectivity index (χ1v) is 14.8. The third-order valence-corrected chi connectivity index (χ3v) is 8.53. The molecule has 0 atom stereocenters. The number of carbonyl (C=O) groups excluding carboxylic acids is 1. The summed E-state index contributed by atoms with van der Waals surface area (Å²) in [6, 6.07) is 27.8. The quantitative estimate of drug-likeness (QED) is 0.188. The molecule has 1 aromatic heterocycles. The number of hydrazone groups is 1. The predicted octanol–water partition coefficient (Wildman–Crippen LogP) is 7.44.